The average Bonchev–Trinajstić information content (AvgIpc) is 2.67. The van der Waals surface area contributed by atoms with Gasteiger partial charge in [0.05, 0.1) is 6.61 Å². The summed E-state index contributed by atoms with van der Waals surface area (Å²) in [5.74, 6) is -0.445. The maximum Gasteiger partial charge on any atom is 0.342 e. The minimum Gasteiger partial charge on any atom is -0.462 e. The van der Waals surface area contributed by atoms with Gasteiger partial charge in [0.15, 0.2) is 5.65 Å². The molecule has 0 amide bonds. The molecule has 2 heterocycles. The number of rotatable bonds is 2. The van der Waals surface area contributed by atoms with E-state index in [4.69, 9.17) is 17.0 Å². The summed E-state index contributed by atoms with van der Waals surface area (Å²) < 4.78 is 6.80. The Labute approximate surface area is 90.7 Å². The van der Waals surface area contributed by atoms with Gasteiger partial charge in [-0.1, -0.05) is 12.2 Å². The van der Waals surface area contributed by atoms with Crippen LogP contribution < -0.4 is 0 Å². The number of carbonyl (C=O) groups excluding carboxylic acids is 1. The second-order valence-electron chi connectivity index (χ2n) is 2.85. The Morgan fingerprint density at radius 3 is 3.27 bits per heavy atom. The van der Waals surface area contributed by atoms with Crippen LogP contribution >= 0.6 is 12.2 Å². The van der Waals surface area contributed by atoms with Crippen molar-refractivity contribution in [1.29, 1.82) is 0 Å². The highest BCUT2D eigenvalue weighted by Gasteiger charge is 2.11. The van der Waals surface area contributed by atoms with Gasteiger partial charge in [0.25, 0.3) is 0 Å². The zero-order valence-corrected chi connectivity index (χ0v) is 8.87. The van der Waals surface area contributed by atoms with Gasteiger partial charge in [-0.15, -0.1) is 0 Å². The summed E-state index contributed by atoms with van der Waals surface area (Å²) >= 11 is 5.13. The van der Waals surface area contributed by atoms with Gasteiger partial charge in [-0.3, -0.25) is 5.10 Å². The molecule has 0 bridgehead atoms. The van der Waals surface area contributed by atoms with Gasteiger partial charge >= 0.3 is 5.97 Å². The monoisotopic (exact) mass is 223 g/mol. The second-order valence-corrected chi connectivity index (χ2v) is 3.24. The van der Waals surface area contributed by atoms with E-state index in [0.717, 1.165) is 0 Å². The number of esters is 1. The number of hydrogen-bond acceptors (Lipinski definition) is 4. The fourth-order valence-electron chi connectivity index (χ4n) is 1.25. The molecule has 0 unspecified atom stereocenters. The molecule has 0 saturated carbocycles. The van der Waals surface area contributed by atoms with Gasteiger partial charge in [0, 0.05) is 18.5 Å². The van der Waals surface area contributed by atoms with E-state index >= 15 is 0 Å². The molecular weight excluding hydrogens is 214 g/mol. The zero-order chi connectivity index (χ0) is 10.8. The van der Waals surface area contributed by atoms with E-state index in [1.165, 1.54) is 6.20 Å². The van der Waals surface area contributed by atoms with Crippen LogP contribution in [0.15, 0.2) is 18.5 Å². The third-order valence-electron chi connectivity index (χ3n) is 1.92. The van der Waals surface area contributed by atoms with Gasteiger partial charge < -0.3 is 4.74 Å². The molecule has 15 heavy (non-hydrogen) atoms. The molecule has 0 spiro atoms. The number of nitrogens with zero attached hydrogens (tertiary/aromatic N) is 2. The molecule has 0 fully saturated rings. The number of carbonyl (C=O) groups is 1. The van der Waals surface area contributed by atoms with Crippen LogP contribution in [0.4, 0.5) is 0 Å². The van der Waals surface area contributed by atoms with Crippen molar-refractivity contribution in [2.24, 2.45) is 0 Å². The average molecular weight is 223 g/mol. The molecule has 0 radical (unpaired) electrons. The lowest BCUT2D eigenvalue weighted by Crippen LogP contribution is -2.08. The minimum atomic E-state index is -0.445. The largest absolute Gasteiger partial charge is 0.462 e. The maximum atomic E-state index is 11.5. The first kappa shape index (κ1) is 9.85. The Balaban J connectivity index is 2.57. The molecule has 0 aliphatic heterocycles. The van der Waals surface area contributed by atoms with Crippen molar-refractivity contribution >= 4 is 23.8 Å². The SMILES string of the molecule is CCOC(=O)c1cnc2cc[nH]n2c1=S. The molecular formula is C9H9N3O2S. The first-order valence-corrected chi connectivity index (χ1v) is 4.87. The summed E-state index contributed by atoms with van der Waals surface area (Å²) in [5, 5.41) is 2.87. The Morgan fingerprint density at radius 1 is 1.73 bits per heavy atom. The van der Waals surface area contributed by atoms with Gasteiger partial charge in [-0.25, -0.2) is 14.3 Å². The van der Waals surface area contributed by atoms with Crippen LogP contribution in [0.1, 0.15) is 17.3 Å². The highest BCUT2D eigenvalue weighted by Crippen LogP contribution is 2.06. The third kappa shape index (κ3) is 1.63. The first-order valence-electron chi connectivity index (χ1n) is 4.46. The van der Waals surface area contributed by atoms with E-state index in [0.29, 0.717) is 22.5 Å². The molecule has 0 atom stereocenters. The summed E-state index contributed by atoms with van der Waals surface area (Å²) in [6.45, 7) is 2.07. The van der Waals surface area contributed by atoms with Gasteiger partial charge in [0.2, 0.25) is 0 Å². The maximum absolute atomic E-state index is 11.5. The fourth-order valence-corrected chi connectivity index (χ4v) is 1.53. The predicted octanol–water partition coefficient (Wildman–Crippen LogP) is 1.57. The molecule has 0 saturated heterocycles. The lowest BCUT2D eigenvalue weighted by atomic mass is 10.3. The molecule has 78 valence electrons. The molecule has 2 aromatic rings. The van der Waals surface area contributed by atoms with Crippen LogP contribution in [-0.2, 0) is 4.74 Å². The highest BCUT2D eigenvalue weighted by molar-refractivity contribution is 7.71. The molecule has 2 aromatic heterocycles. The highest BCUT2D eigenvalue weighted by atomic mass is 32.1. The Kier molecular flexibility index (Phi) is 2.51. The van der Waals surface area contributed by atoms with E-state index < -0.39 is 5.97 Å². The topological polar surface area (TPSA) is 59.4 Å². The fraction of sp³-hybridized carbons (Fsp3) is 0.222. The van der Waals surface area contributed by atoms with E-state index in [9.17, 15) is 4.79 Å². The number of aromatic amines is 1. The number of fused-ring (bicyclic) bond motifs is 1. The molecule has 1 N–H and O–H groups in total. The van der Waals surface area contributed by atoms with Crippen molar-refractivity contribution in [3.05, 3.63) is 28.7 Å². The number of hydrogen-bond donors (Lipinski definition) is 1. The lowest BCUT2D eigenvalue weighted by molar-refractivity contribution is 0.0524. The van der Waals surface area contributed by atoms with E-state index in [1.54, 1.807) is 23.7 Å². The quantitative estimate of drug-likeness (QED) is 0.620. The summed E-state index contributed by atoms with van der Waals surface area (Å²) in [6, 6.07) is 1.77. The Hall–Kier alpha value is -1.69. The molecule has 0 aliphatic carbocycles. The van der Waals surface area contributed by atoms with Crippen molar-refractivity contribution in [1.82, 2.24) is 14.6 Å². The molecule has 2 rings (SSSR count). The molecule has 0 aliphatic rings. The zero-order valence-electron chi connectivity index (χ0n) is 8.06. The van der Waals surface area contributed by atoms with Gasteiger partial charge in [-0.2, -0.15) is 0 Å². The second kappa shape index (κ2) is 3.82. The summed E-state index contributed by atoms with van der Waals surface area (Å²) in [6.07, 6.45) is 3.14. The van der Waals surface area contributed by atoms with Crippen molar-refractivity contribution in [3.8, 4) is 0 Å². The molecule has 0 aromatic carbocycles. The van der Waals surface area contributed by atoms with Crippen molar-refractivity contribution in [2.75, 3.05) is 6.61 Å². The third-order valence-corrected chi connectivity index (χ3v) is 2.32. The van der Waals surface area contributed by atoms with Crippen molar-refractivity contribution < 1.29 is 9.53 Å². The number of ether oxygens (including phenoxy) is 1. The van der Waals surface area contributed by atoms with Gasteiger partial charge in [-0.05, 0) is 6.92 Å². The van der Waals surface area contributed by atoms with Crippen LogP contribution in [0, 0.1) is 4.64 Å². The molecule has 6 heteroatoms. The van der Waals surface area contributed by atoms with Crippen LogP contribution in [0.2, 0.25) is 0 Å². The Bertz CT molecular complexity index is 558. The van der Waals surface area contributed by atoms with E-state index in [1.807, 2.05) is 0 Å². The molecule has 5 nitrogen and oxygen atoms in total. The number of nitrogens with one attached hydrogen (secondary N) is 1. The van der Waals surface area contributed by atoms with Crippen LogP contribution in [0.3, 0.4) is 0 Å². The summed E-state index contributed by atoms with van der Waals surface area (Å²) in [5.41, 5.74) is 0.972. The Morgan fingerprint density at radius 2 is 2.53 bits per heavy atom. The standard InChI is InChI=1S/C9H9N3O2S/c1-2-14-9(13)6-5-10-7-3-4-11-12(7)8(6)15/h3-5,11H,2H2,1H3. The van der Waals surface area contributed by atoms with Crippen LogP contribution in [0.5, 0.6) is 0 Å². The van der Waals surface area contributed by atoms with Crippen LogP contribution in [-0.4, -0.2) is 27.2 Å². The van der Waals surface area contributed by atoms with Gasteiger partial charge in [0.1, 0.15) is 10.2 Å². The predicted molar refractivity (Wildman–Crippen MR) is 56.3 cm³/mol. The lowest BCUT2D eigenvalue weighted by Gasteiger charge is -2.02. The van der Waals surface area contributed by atoms with E-state index in [-0.39, 0.29) is 0 Å². The van der Waals surface area contributed by atoms with E-state index in [2.05, 4.69) is 10.1 Å². The normalized spacial score (nSPS) is 10.5. The summed E-state index contributed by atoms with van der Waals surface area (Å²) in [4.78, 5) is 15.5. The number of aromatic nitrogens is 3. The first-order chi connectivity index (χ1) is 7.24. The van der Waals surface area contributed by atoms with Crippen molar-refractivity contribution in [2.45, 2.75) is 6.92 Å². The summed E-state index contributed by atoms with van der Waals surface area (Å²) in [7, 11) is 0. The number of H-pyrrole nitrogens is 1. The van der Waals surface area contributed by atoms with Crippen LogP contribution in [0.25, 0.3) is 5.65 Å². The minimum absolute atomic E-state index is 0.298. The smallest absolute Gasteiger partial charge is 0.342 e. The van der Waals surface area contributed by atoms with Crippen molar-refractivity contribution in [3.63, 3.8) is 0 Å².